The van der Waals surface area contributed by atoms with Crippen LogP contribution in [0.15, 0.2) is 42.5 Å². The molecule has 0 atom stereocenters. The maximum absolute atomic E-state index is 12.9. The van der Waals surface area contributed by atoms with Crippen LogP contribution in [0, 0.1) is 5.82 Å². The van der Waals surface area contributed by atoms with Crippen LogP contribution in [0.1, 0.15) is 25.3 Å². The number of anilines is 3. The standard InChI is InChI=1S/C19H20FN3O2/c1-2-11-23-17-9-8-16(12-13(17)3-10-18(23)24)22-19(25)21-15-6-4-14(20)5-7-15/h4-9,12H,2-3,10-11H2,1H3,(H2,21,22,25). The normalized spacial score (nSPS) is 13.4. The van der Waals surface area contributed by atoms with Crippen molar-refractivity contribution in [1.82, 2.24) is 0 Å². The molecule has 0 radical (unpaired) electrons. The van der Waals surface area contributed by atoms with E-state index in [2.05, 4.69) is 10.6 Å². The zero-order chi connectivity index (χ0) is 17.8. The van der Waals surface area contributed by atoms with Crippen molar-refractivity contribution in [2.45, 2.75) is 26.2 Å². The summed E-state index contributed by atoms with van der Waals surface area (Å²) >= 11 is 0. The quantitative estimate of drug-likeness (QED) is 0.877. The molecule has 25 heavy (non-hydrogen) atoms. The molecule has 0 fully saturated rings. The Bertz CT molecular complexity index is 790. The summed E-state index contributed by atoms with van der Waals surface area (Å²) in [6.45, 7) is 2.74. The molecule has 0 spiro atoms. The average molecular weight is 341 g/mol. The van der Waals surface area contributed by atoms with Crippen molar-refractivity contribution < 1.29 is 14.0 Å². The molecular weight excluding hydrogens is 321 g/mol. The summed E-state index contributed by atoms with van der Waals surface area (Å²) < 4.78 is 12.9. The van der Waals surface area contributed by atoms with Gasteiger partial charge in [-0.1, -0.05) is 6.92 Å². The Morgan fingerprint density at radius 2 is 1.76 bits per heavy atom. The summed E-state index contributed by atoms with van der Waals surface area (Å²) in [5, 5.41) is 5.42. The molecule has 0 aliphatic carbocycles. The van der Waals surface area contributed by atoms with Gasteiger partial charge in [0.05, 0.1) is 0 Å². The van der Waals surface area contributed by atoms with Crippen molar-refractivity contribution in [1.29, 1.82) is 0 Å². The summed E-state index contributed by atoms with van der Waals surface area (Å²) in [6, 6.07) is 10.7. The number of aryl methyl sites for hydroxylation is 1. The van der Waals surface area contributed by atoms with Crippen LogP contribution in [0.5, 0.6) is 0 Å². The van der Waals surface area contributed by atoms with Crippen molar-refractivity contribution in [3.63, 3.8) is 0 Å². The van der Waals surface area contributed by atoms with Crippen molar-refractivity contribution in [3.8, 4) is 0 Å². The van der Waals surface area contributed by atoms with Gasteiger partial charge in [0.15, 0.2) is 0 Å². The van der Waals surface area contributed by atoms with Crippen LogP contribution in [0.3, 0.4) is 0 Å². The third kappa shape index (κ3) is 3.96. The van der Waals surface area contributed by atoms with Gasteiger partial charge in [-0.15, -0.1) is 0 Å². The SMILES string of the molecule is CCCN1C(=O)CCc2cc(NC(=O)Nc3ccc(F)cc3)ccc21. The molecule has 3 amide bonds. The van der Waals surface area contributed by atoms with E-state index in [0.29, 0.717) is 30.8 Å². The zero-order valence-corrected chi connectivity index (χ0v) is 14.0. The van der Waals surface area contributed by atoms with Gasteiger partial charge >= 0.3 is 6.03 Å². The van der Waals surface area contributed by atoms with Crippen LogP contribution >= 0.6 is 0 Å². The Morgan fingerprint density at radius 1 is 1.08 bits per heavy atom. The van der Waals surface area contributed by atoms with Gasteiger partial charge in [-0.2, -0.15) is 0 Å². The highest BCUT2D eigenvalue weighted by molar-refractivity contribution is 6.01. The number of carbonyl (C=O) groups excluding carboxylic acids is 2. The van der Waals surface area contributed by atoms with E-state index in [4.69, 9.17) is 0 Å². The van der Waals surface area contributed by atoms with Crippen LogP contribution in [0.4, 0.5) is 26.2 Å². The highest BCUT2D eigenvalue weighted by Crippen LogP contribution is 2.30. The van der Waals surface area contributed by atoms with Gasteiger partial charge in [0, 0.05) is 30.0 Å². The number of nitrogens with zero attached hydrogens (tertiary/aromatic N) is 1. The van der Waals surface area contributed by atoms with Gasteiger partial charge < -0.3 is 15.5 Å². The van der Waals surface area contributed by atoms with Gasteiger partial charge in [0.1, 0.15) is 5.82 Å². The summed E-state index contributed by atoms with van der Waals surface area (Å²) in [5.41, 5.74) is 3.14. The predicted molar refractivity (Wildman–Crippen MR) is 96.4 cm³/mol. The predicted octanol–water partition coefficient (Wildman–Crippen LogP) is 4.16. The van der Waals surface area contributed by atoms with E-state index in [1.165, 1.54) is 24.3 Å². The number of nitrogens with one attached hydrogen (secondary N) is 2. The van der Waals surface area contributed by atoms with E-state index in [9.17, 15) is 14.0 Å². The van der Waals surface area contributed by atoms with E-state index in [1.807, 2.05) is 19.1 Å². The minimum Gasteiger partial charge on any atom is -0.312 e. The molecule has 0 unspecified atom stereocenters. The number of hydrogen-bond acceptors (Lipinski definition) is 2. The second-order valence-electron chi connectivity index (χ2n) is 5.97. The van der Waals surface area contributed by atoms with Crippen LogP contribution in [0.25, 0.3) is 0 Å². The van der Waals surface area contributed by atoms with E-state index >= 15 is 0 Å². The maximum atomic E-state index is 12.9. The molecule has 1 aliphatic rings. The molecule has 5 nitrogen and oxygen atoms in total. The Labute approximate surface area is 145 Å². The van der Waals surface area contributed by atoms with Gasteiger partial charge in [-0.25, -0.2) is 9.18 Å². The summed E-state index contributed by atoms with van der Waals surface area (Å²) in [5.74, 6) is -0.212. The highest BCUT2D eigenvalue weighted by Gasteiger charge is 2.23. The molecule has 2 aromatic rings. The second-order valence-corrected chi connectivity index (χ2v) is 5.97. The van der Waals surface area contributed by atoms with Gasteiger partial charge in [-0.05, 0) is 60.9 Å². The molecule has 0 bridgehead atoms. The van der Waals surface area contributed by atoms with Crippen molar-refractivity contribution >= 4 is 29.0 Å². The fraction of sp³-hybridized carbons (Fsp3) is 0.263. The lowest BCUT2D eigenvalue weighted by Crippen LogP contribution is -2.35. The molecule has 2 N–H and O–H groups in total. The lowest BCUT2D eigenvalue weighted by Gasteiger charge is -2.29. The van der Waals surface area contributed by atoms with Crippen molar-refractivity contribution in [3.05, 3.63) is 53.8 Å². The van der Waals surface area contributed by atoms with Crippen LogP contribution < -0.4 is 15.5 Å². The number of urea groups is 1. The van der Waals surface area contributed by atoms with Crippen molar-refractivity contribution in [2.75, 3.05) is 22.1 Å². The Balaban J connectivity index is 1.70. The smallest absolute Gasteiger partial charge is 0.312 e. The Hall–Kier alpha value is -2.89. The third-order valence-corrected chi connectivity index (χ3v) is 4.09. The molecule has 1 heterocycles. The monoisotopic (exact) mass is 341 g/mol. The molecule has 130 valence electrons. The topological polar surface area (TPSA) is 61.4 Å². The van der Waals surface area contributed by atoms with Crippen molar-refractivity contribution in [2.24, 2.45) is 0 Å². The summed E-state index contributed by atoms with van der Waals surface area (Å²) in [4.78, 5) is 25.9. The van der Waals surface area contributed by atoms with E-state index < -0.39 is 6.03 Å². The van der Waals surface area contributed by atoms with E-state index in [1.54, 1.807) is 11.0 Å². The van der Waals surface area contributed by atoms with Gasteiger partial charge in [-0.3, -0.25) is 4.79 Å². The van der Waals surface area contributed by atoms with Gasteiger partial charge in [0.2, 0.25) is 5.91 Å². The van der Waals surface area contributed by atoms with E-state index in [-0.39, 0.29) is 11.7 Å². The second kappa shape index (κ2) is 7.34. The van der Waals surface area contributed by atoms with E-state index in [0.717, 1.165) is 17.7 Å². The minimum atomic E-state index is -0.399. The third-order valence-electron chi connectivity index (χ3n) is 4.09. The number of rotatable bonds is 4. The molecule has 1 aliphatic heterocycles. The van der Waals surface area contributed by atoms with Gasteiger partial charge in [0.25, 0.3) is 0 Å². The Kier molecular flexibility index (Phi) is 4.97. The maximum Gasteiger partial charge on any atom is 0.323 e. The summed E-state index contributed by atoms with van der Waals surface area (Å²) in [7, 11) is 0. The first-order chi connectivity index (χ1) is 12.1. The first kappa shape index (κ1) is 17.0. The molecule has 6 heteroatoms. The van der Waals surface area contributed by atoms with Crippen LogP contribution in [-0.2, 0) is 11.2 Å². The number of amides is 3. The molecule has 0 saturated carbocycles. The largest absolute Gasteiger partial charge is 0.323 e. The number of carbonyl (C=O) groups is 2. The zero-order valence-electron chi connectivity index (χ0n) is 14.0. The minimum absolute atomic E-state index is 0.143. The average Bonchev–Trinajstić information content (AvgIpc) is 2.59. The fourth-order valence-corrected chi connectivity index (χ4v) is 2.93. The molecule has 2 aromatic carbocycles. The lowest BCUT2D eigenvalue weighted by atomic mass is 10.00. The fourth-order valence-electron chi connectivity index (χ4n) is 2.93. The highest BCUT2D eigenvalue weighted by atomic mass is 19.1. The Morgan fingerprint density at radius 3 is 2.48 bits per heavy atom. The number of benzene rings is 2. The summed E-state index contributed by atoms with van der Waals surface area (Å²) in [6.07, 6.45) is 2.05. The van der Waals surface area contributed by atoms with Crippen LogP contribution in [0.2, 0.25) is 0 Å². The molecule has 0 saturated heterocycles. The number of fused-ring (bicyclic) bond motifs is 1. The van der Waals surface area contributed by atoms with Crippen LogP contribution in [-0.4, -0.2) is 18.5 Å². The lowest BCUT2D eigenvalue weighted by molar-refractivity contribution is -0.118. The first-order valence-corrected chi connectivity index (χ1v) is 8.33. The number of hydrogen-bond donors (Lipinski definition) is 2. The first-order valence-electron chi connectivity index (χ1n) is 8.33. The molecule has 0 aromatic heterocycles. The molecule has 3 rings (SSSR count). The molecular formula is C19H20FN3O2. The number of halogens is 1.